The van der Waals surface area contributed by atoms with Crippen molar-refractivity contribution < 1.29 is 9.84 Å². The first-order chi connectivity index (χ1) is 7.42. The Morgan fingerprint density at radius 3 is 2.44 bits per heavy atom. The van der Waals surface area contributed by atoms with E-state index in [4.69, 9.17) is 4.74 Å². The molecule has 2 atom stereocenters. The van der Waals surface area contributed by atoms with Gasteiger partial charge in [0.25, 0.3) is 0 Å². The number of benzene rings is 1. The largest absolute Gasteiger partial charge is 0.388 e. The number of rotatable bonds is 2. The van der Waals surface area contributed by atoms with Crippen LogP contribution in [-0.2, 0) is 10.3 Å². The van der Waals surface area contributed by atoms with E-state index < -0.39 is 5.60 Å². The summed E-state index contributed by atoms with van der Waals surface area (Å²) in [6.07, 6.45) is 1.80. The van der Waals surface area contributed by atoms with Crippen LogP contribution < -0.4 is 0 Å². The minimum absolute atomic E-state index is 0.0716. The Morgan fingerprint density at radius 1 is 1.31 bits per heavy atom. The lowest BCUT2D eigenvalue weighted by Gasteiger charge is -2.30. The van der Waals surface area contributed by atoms with Gasteiger partial charge in [0.15, 0.2) is 0 Å². The van der Waals surface area contributed by atoms with Crippen molar-refractivity contribution in [2.75, 3.05) is 0 Å². The number of hydrogen-bond acceptors (Lipinski definition) is 2. The van der Waals surface area contributed by atoms with Gasteiger partial charge >= 0.3 is 0 Å². The van der Waals surface area contributed by atoms with Crippen molar-refractivity contribution in [2.24, 2.45) is 0 Å². The average Bonchev–Trinajstić information content (AvgIpc) is 2.63. The highest BCUT2D eigenvalue weighted by Crippen LogP contribution is 2.41. The van der Waals surface area contributed by atoms with Crippen LogP contribution in [0.1, 0.15) is 39.2 Å². The quantitative estimate of drug-likeness (QED) is 0.830. The molecule has 88 valence electrons. The van der Waals surface area contributed by atoms with Crippen molar-refractivity contribution in [3.05, 3.63) is 35.9 Å². The predicted molar refractivity (Wildman–Crippen MR) is 64.2 cm³/mol. The molecule has 1 aliphatic rings. The molecule has 1 heterocycles. The van der Waals surface area contributed by atoms with Crippen LogP contribution in [0.2, 0.25) is 0 Å². The molecule has 0 spiro atoms. The minimum atomic E-state index is -0.757. The second kappa shape index (κ2) is 3.86. The first-order valence-corrected chi connectivity index (χ1v) is 5.87. The van der Waals surface area contributed by atoms with Crippen molar-refractivity contribution in [2.45, 2.75) is 50.9 Å². The predicted octanol–water partition coefficient (Wildman–Crippen LogP) is 2.85. The van der Waals surface area contributed by atoms with Crippen molar-refractivity contribution in [3.8, 4) is 0 Å². The second-order valence-electron chi connectivity index (χ2n) is 5.40. The Morgan fingerprint density at radius 2 is 1.94 bits per heavy atom. The van der Waals surface area contributed by atoms with Crippen molar-refractivity contribution in [1.82, 2.24) is 0 Å². The van der Waals surface area contributed by atoms with Crippen molar-refractivity contribution in [1.29, 1.82) is 0 Å². The summed E-state index contributed by atoms with van der Waals surface area (Å²) in [5.41, 5.74) is 0.195. The van der Waals surface area contributed by atoms with Gasteiger partial charge in [0.1, 0.15) is 0 Å². The molecule has 1 N–H and O–H groups in total. The summed E-state index contributed by atoms with van der Waals surface area (Å²) in [4.78, 5) is 0. The highest BCUT2D eigenvalue weighted by Gasteiger charge is 2.43. The zero-order valence-corrected chi connectivity index (χ0v) is 10.2. The summed E-state index contributed by atoms with van der Waals surface area (Å²) < 4.78 is 6.05. The van der Waals surface area contributed by atoms with E-state index in [1.54, 1.807) is 0 Å². The molecule has 0 saturated carbocycles. The second-order valence-corrected chi connectivity index (χ2v) is 5.40. The third kappa shape index (κ3) is 2.13. The van der Waals surface area contributed by atoms with E-state index >= 15 is 0 Å². The zero-order chi connectivity index (χ0) is 11.8. The molecule has 1 aromatic carbocycles. The van der Waals surface area contributed by atoms with Gasteiger partial charge in [0.2, 0.25) is 0 Å². The van der Waals surface area contributed by atoms with E-state index in [2.05, 4.69) is 19.1 Å². The van der Waals surface area contributed by atoms with Gasteiger partial charge < -0.3 is 9.84 Å². The fraction of sp³-hybridized carbons (Fsp3) is 0.571. The highest BCUT2D eigenvalue weighted by molar-refractivity contribution is 5.23. The fourth-order valence-corrected chi connectivity index (χ4v) is 2.34. The van der Waals surface area contributed by atoms with E-state index in [0.717, 1.165) is 12.8 Å². The average molecular weight is 220 g/mol. The standard InChI is InChI=1S/C14H20O2/c1-13(2,15)12-9-10-14(3,16-12)11-7-5-4-6-8-11/h4-8,12,15H,9-10H2,1-3H3/t12-,14+/m1/s1. The molecule has 1 aliphatic heterocycles. The normalized spacial score (nSPS) is 30.6. The van der Waals surface area contributed by atoms with Crippen LogP contribution in [0.5, 0.6) is 0 Å². The van der Waals surface area contributed by atoms with E-state index in [9.17, 15) is 5.11 Å². The molecule has 2 rings (SSSR count). The zero-order valence-electron chi connectivity index (χ0n) is 10.2. The van der Waals surface area contributed by atoms with Gasteiger partial charge in [-0.3, -0.25) is 0 Å². The summed E-state index contributed by atoms with van der Waals surface area (Å²) in [6, 6.07) is 10.2. The molecule has 2 nitrogen and oxygen atoms in total. The Hall–Kier alpha value is -0.860. The SMILES string of the molecule is CC(C)(O)[C@H]1CC[C@@](C)(c2ccccc2)O1. The molecule has 0 radical (unpaired) electrons. The highest BCUT2D eigenvalue weighted by atomic mass is 16.5. The van der Waals surface area contributed by atoms with Crippen molar-refractivity contribution >= 4 is 0 Å². The summed E-state index contributed by atoms with van der Waals surface area (Å²) in [6.45, 7) is 5.73. The van der Waals surface area contributed by atoms with Crippen molar-refractivity contribution in [3.63, 3.8) is 0 Å². The van der Waals surface area contributed by atoms with E-state index in [0.29, 0.717) is 0 Å². The third-order valence-electron chi connectivity index (χ3n) is 3.46. The first kappa shape index (κ1) is 11.6. The third-order valence-corrected chi connectivity index (χ3v) is 3.46. The molecule has 1 aromatic rings. The van der Waals surface area contributed by atoms with E-state index in [1.165, 1.54) is 5.56 Å². The van der Waals surface area contributed by atoms with Crippen LogP contribution in [0.4, 0.5) is 0 Å². The lowest BCUT2D eigenvalue weighted by molar-refractivity contribution is -0.118. The van der Waals surface area contributed by atoms with E-state index in [1.807, 2.05) is 32.0 Å². The minimum Gasteiger partial charge on any atom is -0.388 e. The summed E-state index contributed by atoms with van der Waals surface area (Å²) in [5.74, 6) is 0. The van der Waals surface area contributed by atoms with Gasteiger partial charge in [-0.2, -0.15) is 0 Å². The van der Waals surface area contributed by atoms with Gasteiger partial charge in [-0.15, -0.1) is 0 Å². The smallest absolute Gasteiger partial charge is 0.0909 e. The van der Waals surface area contributed by atoms with Gasteiger partial charge in [0, 0.05) is 0 Å². The van der Waals surface area contributed by atoms with Gasteiger partial charge in [-0.1, -0.05) is 30.3 Å². The Bertz CT molecular complexity index is 353. The lowest BCUT2D eigenvalue weighted by Crippen LogP contribution is -2.37. The van der Waals surface area contributed by atoms with Crippen LogP contribution in [-0.4, -0.2) is 16.8 Å². The van der Waals surface area contributed by atoms with Crippen LogP contribution in [0.25, 0.3) is 0 Å². The number of hydrogen-bond donors (Lipinski definition) is 1. The molecule has 0 amide bonds. The van der Waals surface area contributed by atoms with Crippen LogP contribution >= 0.6 is 0 Å². The Labute approximate surface area is 97.3 Å². The topological polar surface area (TPSA) is 29.5 Å². The summed E-state index contributed by atoms with van der Waals surface area (Å²) in [5, 5.41) is 9.97. The van der Waals surface area contributed by atoms with Crippen LogP contribution in [0.3, 0.4) is 0 Å². The van der Waals surface area contributed by atoms with E-state index in [-0.39, 0.29) is 11.7 Å². The maximum atomic E-state index is 9.97. The summed E-state index contributed by atoms with van der Waals surface area (Å²) >= 11 is 0. The molecular formula is C14H20O2. The fourth-order valence-electron chi connectivity index (χ4n) is 2.34. The van der Waals surface area contributed by atoms with Gasteiger partial charge in [-0.05, 0) is 39.2 Å². The Balaban J connectivity index is 2.19. The lowest BCUT2D eigenvalue weighted by atomic mass is 9.92. The first-order valence-electron chi connectivity index (χ1n) is 5.87. The number of ether oxygens (including phenoxy) is 1. The molecule has 0 aliphatic carbocycles. The molecule has 1 fully saturated rings. The number of aliphatic hydroxyl groups is 1. The molecule has 0 bridgehead atoms. The molecular weight excluding hydrogens is 200 g/mol. The Kier molecular flexibility index (Phi) is 2.81. The summed E-state index contributed by atoms with van der Waals surface area (Å²) in [7, 11) is 0. The molecule has 16 heavy (non-hydrogen) atoms. The monoisotopic (exact) mass is 220 g/mol. The van der Waals surface area contributed by atoms with Crippen LogP contribution in [0, 0.1) is 0 Å². The maximum Gasteiger partial charge on any atom is 0.0909 e. The van der Waals surface area contributed by atoms with Gasteiger partial charge in [0.05, 0.1) is 17.3 Å². The molecule has 0 unspecified atom stereocenters. The molecule has 1 saturated heterocycles. The molecule has 2 heteroatoms. The van der Waals surface area contributed by atoms with Gasteiger partial charge in [-0.25, -0.2) is 0 Å². The molecule has 0 aromatic heterocycles. The van der Waals surface area contributed by atoms with Crippen LogP contribution in [0.15, 0.2) is 30.3 Å². The maximum absolute atomic E-state index is 9.97.